The van der Waals surface area contributed by atoms with Crippen LogP contribution in [-0.2, 0) is 0 Å². The van der Waals surface area contributed by atoms with Crippen LogP contribution in [0.1, 0.15) is 34.6 Å². The van der Waals surface area contributed by atoms with Gasteiger partial charge in [-0.1, -0.05) is 12.7 Å². The lowest BCUT2D eigenvalue weighted by molar-refractivity contribution is 0.0846. The molecule has 0 unspecified atom stereocenters. The summed E-state index contributed by atoms with van der Waals surface area (Å²) in [6, 6.07) is 11.5. The minimum absolute atomic E-state index is 0.0221. The lowest BCUT2D eigenvalue weighted by Crippen LogP contribution is -2.41. The fourth-order valence-electron chi connectivity index (χ4n) is 2.11. The molecule has 142 valence electrons. The second-order valence-corrected chi connectivity index (χ2v) is 6.70. The van der Waals surface area contributed by atoms with Crippen LogP contribution in [0.15, 0.2) is 59.6 Å². The highest BCUT2D eigenvalue weighted by Gasteiger charge is 2.12. The Bertz CT molecular complexity index is 819. The van der Waals surface area contributed by atoms with Gasteiger partial charge in [0.05, 0.1) is 10.6 Å². The zero-order valence-corrected chi connectivity index (χ0v) is 16.7. The number of hydrogen-bond acceptors (Lipinski definition) is 4. The van der Waals surface area contributed by atoms with Gasteiger partial charge >= 0.3 is 0 Å². The maximum atomic E-state index is 12.2. The maximum Gasteiger partial charge on any atom is 0.269 e. The Balaban J connectivity index is 1.93. The fourth-order valence-corrected chi connectivity index (χ4v) is 2.58. The number of ether oxygens (including phenoxy) is 2. The van der Waals surface area contributed by atoms with Crippen LogP contribution in [0.4, 0.5) is 0 Å². The van der Waals surface area contributed by atoms with Crippen molar-refractivity contribution in [1.29, 1.82) is 0 Å². The number of benzene rings is 2. The molecule has 7 heteroatoms. The largest absolute Gasteiger partial charge is 0.490 e. The van der Waals surface area contributed by atoms with Crippen LogP contribution in [0, 0.1) is 0 Å². The predicted molar refractivity (Wildman–Crippen MR) is 107 cm³/mol. The summed E-state index contributed by atoms with van der Waals surface area (Å²) in [7, 11) is 0. The number of amides is 2. The van der Waals surface area contributed by atoms with Crippen LogP contribution in [0.5, 0.6) is 11.5 Å². The molecule has 0 aliphatic carbocycles. The first-order chi connectivity index (χ1) is 12.9. The van der Waals surface area contributed by atoms with Crippen LogP contribution in [-0.4, -0.2) is 24.5 Å². The van der Waals surface area contributed by atoms with Crippen LogP contribution in [0.3, 0.4) is 0 Å². The third-order valence-corrected chi connectivity index (χ3v) is 3.95. The highest BCUT2D eigenvalue weighted by Crippen LogP contribution is 2.26. The molecule has 0 bridgehead atoms. The summed E-state index contributed by atoms with van der Waals surface area (Å²) >= 11 is 3.37. The molecule has 0 radical (unpaired) electrons. The summed E-state index contributed by atoms with van der Waals surface area (Å²) in [6.45, 7) is 7.79. The van der Waals surface area contributed by atoms with Crippen LogP contribution in [0.25, 0.3) is 0 Å². The standard InChI is InChI=1S/C20H21BrN2O4/c1-4-11-26-16-8-5-14(6-9-16)19(24)22-23-20(25)15-7-10-18(17(21)12-15)27-13(2)3/h4-10,12-13H,1,11H2,2-3H3,(H,22,24)(H,23,25). The van der Waals surface area contributed by atoms with E-state index in [1.807, 2.05) is 13.8 Å². The Morgan fingerprint density at radius 1 is 1.07 bits per heavy atom. The first-order valence-electron chi connectivity index (χ1n) is 8.31. The molecule has 0 saturated carbocycles. The quantitative estimate of drug-likeness (QED) is 0.514. The second kappa shape index (κ2) is 9.78. The summed E-state index contributed by atoms with van der Waals surface area (Å²) in [6.07, 6.45) is 1.66. The average molecular weight is 433 g/mol. The van der Waals surface area contributed by atoms with Crippen molar-refractivity contribution >= 4 is 27.7 Å². The molecule has 27 heavy (non-hydrogen) atoms. The van der Waals surface area contributed by atoms with E-state index >= 15 is 0 Å². The van der Waals surface area contributed by atoms with Crippen LogP contribution in [0.2, 0.25) is 0 Å². The SMILES string of the molecule is C=CCOc1ccc(C(=O)NNC(=O)c2ccc(OC(C)C)c(Br)c2)cc1. The van der Waals surface area contributed by atoms with Crippen LogP contribution < -0.4 is 20.3 Å². The van der Waals surface area contributed by atoms with Crippen molar-refractivity contribution in [2.75, 3.05) is 6.61 Å². The Morgan fingerprint density at radius 3 is 2.22 bits per heavy atom. The lowest BCUT2D eigenvalue weighted by atomic mass is 10.2. The topological polar surface area (TPSA) is 76.7 Å². The first kappa shape index (κ1) is 20.5. The summed E-state index contributed by atoms with van der Waals surface area (Å²) < 4.78 is 11.6. The zero-order valence-electron chi connectivity index (χ0n) is 15.1. The van der Waals surface area contributed by atoms with Gasteiger partial charge in [0.25, 0.3) is 11.8 Å². The highest BCUT2D eigenvalue weighted by molar-refractivity contribution is 9.10. The smallest absolute Gasteiger partial charge is 0.269 e. The summed E-state index contributed by atoms with van der Waals surface area (Å²) in [5.41, 5.74) is 5.55. The van der Waals surface area contributed by atoms with E-state index in [2.05, 4.69) is 33.4 Å². The molecule has 0 aliphatic rings. The van der Waals surface area contributed by atoms with Gasteiger partial charge in [-0.2, -0.15) is 0 Å². The molecule has 0 fully saturated rings. The van der Waals surface area contributed by atoms with E-state index in [-0.39, 0.29) is 6.10 Å². The predicted octanol–water partition coefficient (Wildman–Crippen LogP) is 3.88. The molecule has 2 aromatic carbocycles. The number of hydrazine groups is 1. The number of nitrogens with one attached hydrogen (secondary N) is 2. The van der Waals surface area contributed by atoms with Crippen LogP contribution >= 0.6 is 15.9 Å². The molecule has 0 saturated heterocycles. The molecule has 2 rings (SSSR count). The van der Waals surface area contributed by atoms with Gasteiger partial charge in [-0.15, -0.1) is 0 Å². The fraction of sp³-hybridized carbons (Fsp3) is 0.200. The molecular formula is C20H21BrN2O4. The van der Waals surface area contributed by atoms with Crippen molar-refractivity contribution in [3.63, 3.8) is 0 Å². The molecule has 2 amide bonds. The van der Waals surface area contributed by atoms with Gasteiger partial charge in [0, 0.05) is 11.1 Å². The lowest BCUT2D eigenvalue weighted by Gasteiger charge is -2.13. The number of hydrogen-bond donors (Lipinski definition) is 2. The number of carbonyl (C=O) groups is 2. The molecule has 0 atom stereocenters. The third kappa shape index (κ3) is 6.14. The normalized spacial score (nSPS) is 10.2. The number of halogens is 1. The third-order valence-electron chi connectivity index (χ3n) is 3.33. The minimum Gasteiger partial charge on any atom is -0.490 e. The summed E-state index contributed by atoms with van der Waals surface area (Å²) in [5, 5.41) is 0. The summed E-state index contributed by atoms with van der Waals surface area (Å²) in [5.74, 6) is 0.400. The van der Waals surface area contributed by atoms with Gasteiger partial charge in [0.15, 0.2) is 0 Å². The van der Waals surface area contributed by atoms with Gasteiger partial charge < -0.3 is 9.47 Å². The van der Waals surface area contributed by atoms with E-state index in [0.29, 0.717) is 33.7 Å². The molecule has 0 spiro atoms. The molecule has 2 aromatic rings. The molecule has 0 aliphatic heterocycles. The summed E-state index contributed by atoms with van der Waals surface area (Å²) in [4.78, 5) is 24.4. The van der Waals surface area contributed by atoms with Gasteiger partial charge in [-0.05, 0) is 72.2 Å². The van der Waals surface area contributed by atoms with Crippen molar-refractivity contribution in [3.05, 3.63) is 70.7 Å². The molecule has 0 aromatic heterocycles. The van der Waals surface area contributed by atoms with Crippen molar-refractivity contribution in [2.45, 2.75) is 20.0 Å². The Kier molecular flexibility index (Phi) is 7.43. The molecular weight excluding hydrogens is 412 g/mol. The molecule has 0 heterocycles. The Labute approximate surface area is 166 Å². The van der Waals surface area contributed by atoms with E-state index in [1.165, 1.54) is 0 Å². The van der Waals surface area contributed by atoms with E-state index in [4.69, 9.17) is 9.47 Å². The Morgan fingerprint density at radius 2 is 1.67 bits per heavy atom. The average Bonchev–Trinajstić information content (AvgIpc) is 2.65. The van der Waals surface area contributed by atoms with Crippen molar-refractivity contribution in [1.82, 2.24) is 10.9 Å². The number of rotatable bonds is 7. The second-order valence-electron chi connectivity index (χ2n) is 5.84. The van der Waals surface area contributed by atoms with Crippen molar-refractivity contribution < 1.29 is 19.1 Å². The number of carbonyl (C=O) groups excluding carboxylic acids is 2. The molecule has 6 nitrogen and oxygen atoms in total. The zero-order chi connectivity index (χ0) is 19.8. The Hall–Kier alpha value is -2.80. The van der Waals surface area contributed by atoms with Gasteiger partial charge in [0.1, 0.15) is 18.1 Å². The monoisotopic (exact) mass is 432 g/mol. The molecule has 2 N–H and O–H groups in total. The minimum atomic E-state index is -0.439. The van der Waals surface area contributed by atoms with E-state index in [9.17, 15) is 9.59 Å². The highest BCUT2D eigenvalue weighted by atomic mass is 79.9. The van der Waals surface area contributed by atoms with Gasteiger partial charge in [-0.3, -0.25) is 20.4 Å². The van der Waals surface area contributed by atoms with Crippen molar-refractivity contribution in [3.8, 4) is 11.5 Å². The van der Waals surface area contributed by atoms with Crippen molar-refractivity contribution in [2.24, 2.45) is 0 Å². The van der Waals surface area contributed by atoms with E-state index in [1.54, 1.807) is 48.5 Å². The van der Waals surface area contributed by atoms with E-state index < -0.39 is 11.8 Å². The van der Waals surface area contributed by atoms with E-state index in [0.717, 1.165) is 0 Å². The van der Waals surface area contributed by atoms with Gasteiger partial charge in [0.2, 0.25) is 0 Å². The maximum absolute atomic E-state index is 12.2. The van der Waals surface area contributed by atoms with Gasteiger partial charge in [-0.25, -0.2) is 0 Å². The first-order valence-corrected chi connectivity index (χ1v) is 9.10.